The summed E-state index contributed by atoms with van der Waals surface area (Å²) in [7, 11) is 3.60. The summed E-state index contributed by atoms with van der Waals surface area (Å²) in [5.74, 6) is 0.231. The van der Waals surface area contributed by atoms with Gasteiger partial charge < -0.3 is 15.0 Å². The SMILES string of the molecule is CN=C(NCCN1C(=O)c2ccccc2C1=O)N1CCOC(c2cnn(C)c2)C1.I. The molecule has 0 spiro atoms. The topological polar surface area (TPSA) is 92.1 Å². The molecular weight excluding hydrogens is 499 g/mol. The van der Waals surface area contributed by atoms with Crippen molar-refractivity contribution in [1.29, 1.82) is 0 Å². The first-order valence-corrected chi connectivity index (χ1v) is 9.59. The van der Waals surface area contributed by atoms with Crippen molar-refractivity contribution in [3.05, 3.63) is 53.3 Å². The second-order valence-electron chi connectivity index (χ2n) is 7.03. The quantitative estimate of drug-likeness (QED) is 0.281. The van der Waals surface area contributed by atoms with Gasteiger partial charge in [-0.25, -0.2) is 0 Å². The standard InChI is InChI=1S/C20H24N6O3.HI/c1-21-20(25-9-10-29-17(13-25)14-11-23-24(2)12-14)22-7-8-26-18(27)15-5-3-4-6-16(15)19(26)28;/h3-6,11-12,17H,7-10,13H2,1-2H3,(H,21,22);1H. The number of aromatic nitrogens is 2. The number of guanidine groups is 1. The molecule has 2 aliphatic heterocycles. The average molecular weight is 524 g/mol. The van der Waals surface area contributed by atoms with Gasteiger partial charge in [-0.05, 0) is 12.1 Å². The molecule has 0 saturated carbocycles. The molecule has 2 aromatic rings. The number of imide groups is 1. The molecular formula is C20H25IN6O3. The Bertz CT molecular complexity index is 925. The van der Waals surface area contributed by atoms with E-state index >= 15 is 0 Å². The van der Waals surface area contributed by atoms with Gasteiger partial charge in [0, 0.05) is 45.5 Å². The van der Waals surface area contributed by atoms with Crippen molar-refractivity contribution in [2.24, 2.45) is 12.0 Å². The van der Waals surface area contributed by atoms with Crippen LogP contribution in [-0.4, -0.2) is 77.2 Å². The van der Waals surface area contributed by atoms with Crippen molar-refractivity contribution in [3.8, 4) is 0 Å². The molecule has 1 saturated heterocycles. The minimum Gasteiger partial charge on any atom is -0.370 e. The zero-order chi connectivity index (χ0) is 20.4. The molecule has 1 aromatic heterocycles. The van der Waals surface area contributed by atoms with Gasteiger partial charge in [-0.3, -0.25) is 24.2 Å². The Hall–Kier alpha value is -2.47. The van der Waals surface area contributed by atoms with Crippen LogP contribution in [0.5, 0.6) is 0 Å². The van der Waals surface area contributed by atoms with E-state index in [9.17, 15) is 9.59 Å². The largest absolute Gasteiger partial charge is 0.370 e. The van der Waals surface area contributed by atoms with E-state index in [1.165, 1.54) is 4.90 Å². The first-order valence-electron chi connectivity index (χ1n) is 9.59. The molecule has 1 aromatic carbocycles. The van der Waals surface area contributed by atoms with Crippen LogP contribution in [0.2, 0.25) is 0 Å². The molecule has 10 heteroatoms. The van der Waals surface area contributed by atoms with E-state index in [0.29, 0.717) is 37.4 Å². The number of nitrogens with one attached hydrogen (secondary N) is 1. The van der Waals surface area contributed by atoms with Crippen LogP contribution in [0.4, 0.5) is 0 Å². The van der Waals surface area contributed by atoms with E-state index in [1.807, 2.05) is 19.4 Å². The first kappa shape index (κ1) is 22.2. The van der Waals surface area contributed by atoms with E-state index in [2.05, 4.69) is 20.3 Å². The summed E-state index contributed by atoms with van der Waals surface area (Å²) in [6.45, 7) is 2.65. The van der Waals surface area contributed by atoms with E-state index < -0.39 is 0 Å². The normalized spacial score (nSPS) is 19.0. The maximum Gasteiger partial charge on any atom is 0.261 e. The van der Waals surface area contributed by atoms with Gasteiger partial charge >= 0.3 is 0 Å². The van der Waals surface area contributed by atoms with Gasteiger partial charge in [-0.1, -0.05) is 12.1 Å². The second kappa shape index (κ2) is 9.56. The van der Waals surface area contributed by atoms with Crippen molar-refractivity contribution in [3.63, 3.8) is 0 Å². The van der Waals surface area contributed by atoms with Crippen molar-refractivity contribution in [2.75, 3.05) is 39.8 Å². The average Bonchev–Trinajstić information content (AvgIpc) is 3.28. The fourth-order valence-corrected chi connectivity index (χ4v) is 3.70. The van der Waals surface area contributed by atoms with Crippen LogP contribution in [0.25, 0.3) is 0 Å². The van der Waals surface area contributed by atoms with Gasteiger partial charge in [0.05, 0.1) is 30.5 Å². The van der Waals surface area contributed by atoms with Crippen molar-refractivity contribution >= 4 is 41.8 Å². The van der Waals surface area contributed by atoms with Gasteiger partial charge in [-0.2, -0.15) is 5.10 Å². The highest BCUT2D eigenvalue weighted by molar-refractivity contribution is 14.0. The van der Waals surface area contributed by atoms with Crippen LogP contribution >= 0.6 is 24.0 Å². The minimum absolute atomic E-state index is 0. The van der Waals surface area contributed by atoms with Crippen LogP contribution in [0.3, 0.4) is 0 Å². The zero-order valence-electron chi connectivity index (χ0n) is 16.9. The fraction of sp³-hybridized carbons (Fsp3) is 0.400. The molecule has 1 unspecified atom stereocenters. The number of nitrogens with zero attached hydrogens (tertiary/aromatic N) is 5. The smallest absolute Gasteiger partial charge is 0.261 e. The third-order valence-corrected chi connectivity index (χ3v) is 5.17. The Morgan fingerprint density at radius 2 is 1.97 bits per heavy atom. The maximum atomic E-state index is 12.5. The molecule has 160 valence electrons. The highest BCUT2D eigenvalue weighted by Crippen LogP contribution is 2.23. The fourth-order valence-electron chi connectivity index (χ4n) is 3.70. The lowest BCUT2D eigenvalue weighted by atomic mass is 10.1. The molecule has 1 N–H and O–H groups in total. The summed E-state index contributed by atoms with van der Waals surface area (Å²) in [5.41, 5.74) is 1.96. The molecule has 0 aliphatic carbocycles. The number of carbonyl (C=O) groups excluding carboxylic acids is 2. The van der Waals surface area contributed by atoms with Crippen molar-refractivity contribution < 1.29 is 14.3 Å². The highest BCUT2D eigenvalue weighted by Gasteiger charge is 2.34. The van der Waals surface area contributed by atoms with Crippen LogP contribution in [0.1, 0.15) is 32.4 Å². The number of hydrogen-bond acceptors (Lipinski definition) is 5. The Morgan fingerprint density at radius 3 is 2.57 bits per heavy atom. The molecule has 1 atom stereocenters. The Kier molecular flexibility index (Phi) is 7.08. The lowest BCUT2D eigenvalue weighted by Crippen LogP contribution is -2.49. The number of carbonyl (C=O) groups is 2. The predicted octanol–water partition coefficient (Wildman–Crippen LogP) is 1.28. The van der Waals surface area contributed by atoms with Gasteiger partial charge in [-0.15, -0.1) is 24.0 Å². The number of aliphatic imine (C=N–C) groups is 1. The van der Waals surface area contributed by atoms with Crippen LogP contribution in [0, 0.1) is 0 Å². The molecule has 0 radical (unpaired) electrons. The number of ether oxygens (including phenoxy) is 1. The number of aryl methyl sites for hydroxylation is 1. The number of amides is 2. The molecule has 30 heavy (non-hydrogen) atoms. The molecule has 9 nitrogen and oxygen atoms in total. The Balaban J connectivity index is 0.00000256. The molecule has 2 aliphatic rings. The third-order valence-electron chi connectivity index (χ3n) is 5.17. The lowest BCUT2D eigenvalue weighted by molar-refractivity contribution is -0.00802. The van der Waals surface area contributed by atoms with E-state index in [-0.39, 0.29) is 48.4 Å². The van der Waals surface area contributed by atoms with E-state index in [0.717, 1.165) is 11.5 Å². The summed E-state index contributed by atoms with van der Waals surface area (Å²) in [4.78, 5) is 32.7. The lowest BCUT2D eigenvalue weighted by Gasteiger charge is -2.34. The van der Waals surface area contributed by atoms with Crippen LogP contribution < -0.4 is 5.32 Å². The van der Waals surface area contributed by atoms with Gasteiger partial charge in [0.1, 0.15) is 6.10 Å². The number of benzene rings is 1. The number of hydrogen-bond donors (Lipinski definition) is 1. The summed E-state index contributed by atoms with van der Waals surface area (Å²) >= 11 is 0. The molecule has 3 heterocycles. The second-order valence-corrected chi connectivity index (χ2v) is 7.03. The van der Waals surface area contributed by atoms with Gasteiger partial charge in [0.15, 0.2) is 5.96 Å². The Morgan fingerprint density at radius 1 is 1.27 bits per heavy atom. The summed E-state index contributed by atoms with van der Waals surface area (Å²) in [6, 6.07) is 6.91. The predicted molar refractivity (Wildman–Crippen MR) is 122 cm³/mol. The number of fused-ring (bicyclic) bond motifs is 1. The van der Waals surface area contributed by atoms with E-state index in [4.69, 9.17) is 4.74 Å². The van der Waals surface area contributed by atoms with Gasteiger partial charge in [0.2, 0.25) is 0 Å². The molecule has 2 amide bonds. The number of rotatable bonds is 4. The van der Waals surface area contributed by atoms with Gasteiger partial charge in [0.25, 0.3) is 11.8 Å². The molecule has 0 bridgehead atoms. The summed E-state index contributed by atoms with van der Waals surface area (Å²) in [6.07, 6.45) is 3.69. The highest BCUT2D eigenvalue weighted by atomic mass is 127. The monoisotopic (exact) mass is 524 g/mol. The van der Waals surface area contributed by atoms with E-state index in [1.54, 1.807) is 36.0 Å². The maximum absolute atomic E-state index is 12.5. The summed E-state index contributed by atoms with van der Waals surface area (Å²) < 4.78 is 7.63. The Labute approximate surface area is 192 Å². The molecule has 1 fully saturated rings. The molecule has 4 rings (SSSR count). The zero-order valence-corrected chi connectivity index (χ0v) is 19.3. The van der Waals surface area contributed by atoms with Crippen LogP contribution in [-0.2, 0) is 11.8 Å². The number of halogens is 1. The van der Waals surface area contributed by atoms with Crippen LogP contribution in [0.15, 0.2) is 41.7 Å². The first-order chi connectivity index (χ1) is 14.1. The van der Waals surface area contributed by atoms with Crippen molar-refractivity contribution in [2.45, 2.75) is 6.10 Å². The number of morpholine rings is 1. The minimum atomic E-state index is -0.245. The van der Waals surface area contributed by atoms with Crippen molar-refractivity contribution in [1.82, 2.24) is 24.9 Å². The third kappa shape index (κ3) is 4.33. The summed E-state index contributed by atoms with van der Waals surface area (Å²) in [5, 5.41) is 7.47.